The summed E-state index contributed by atoms with van der Waals surface area (Å²) < 4.78 is 6.22. The highest BCUT2D eigenvalue weighted by Gasteiger charge is 2.25. The SMILES string of the molecule is COc1ccc(Br)cc1CC(=O)C1CNC1. The first-order chi connectivity index (χ1) is 7.70. The van der Waals surface area contributed by atoms with Crippen LogP contribution in [0.25, 0.3) is 0 Å². The summed E-state index contributed by atoms with van der Waals surface area (Å²) in [5.41, 5.74) is 0.953. The molecule has 1 fully saturated rings. The van der Waals surface area contributed by atoms with Gasteiger partial charge in [0.25, 0.3) is 0 Å². The molecule has 0 saturated carbocycles. The smallest absolute Gasteiger partial charge is 0.143 e. The lowest BCUT2D eigenvalue weighted by Crippen LogP contribution is -2.47. The summed E-state index contributed by atoms with van der Waals surface area (Å²) in [7, 11) is 1.63. The van der Waals surface area contributed by atoms with E-state index >= 15 is 0 Å². The first-order valence-corrected chi connectivity index (χ1v) is 6.06. The van der Waals surface area contributed by atoms with Crippen molar-refractivity contribution in [1.29, 1.82) is 0 Å². The zero-order chi connectivity index (χ0) is 11.5. The van der Waals surface area contributed by atoms with Crippen molar-refractivity contribution in [1.82, 2.24) is 5.32 Å². The summed E-state index contributed by atoms with van der Waals surface area (Å²) in [4.78, 5) is 11.9. The van der Waals surface area contributed by atoms with E-state index in [0.717, 1.165) is 28.9 Å². The predicted molar refractivity (Wildman–Crippen MR) is 65.8 cm³/mol. The van der Waals surface area contributed by atoms with Gasteiger partial charge in [-0.3, -0.25) is 4.79 Å². The molecule has 0 aromatic heterocycles. The molecule has 1 aromatic rings. The molecular weight excluding hydrogens is 270 g/mol. The van der Waals surface area contributed by atoms with Crippen molar-refractivity contribution in [3.05, 3.63) is 28.2 Å². The van der Waals surface area contributed by atoms with Crippen LogP contribution in [0.5, 0.6) is 5.75 Å². The molecule has 0 bridgehead atoms. The van der Waals surface area contributed by atoms with E-state index in [9.17, 15) is 4.79 Å². The van der Waals surface area contributed by atoms with Crippen LogP contribution in [0.1, 0.15) is 5.56 Å². The number of hydrogen-bond acceptors (Lipinski definition) is 3. The number of rotatable bonds is 4. The van der Waals surface area contributed by atoms with Gasteiger partial charge in [-0.05, 0) is 18.2 Å². The maximum Gasteiger partial charge on any atom is 0.143 e. The molecule has 0 radical (unpaired) electrons. The number of nitrogens with one attached hydrogen (secondary N) is 1. The quantitative estimate of drug-likeness (QED) is 0.916. The number of ether oxygens (including phenoxy) is 1. The Hall–Kier alpha value is -0.870. The molecular formula is C12H14BrNO2. The third kappa shape index (κ3) is 2.44. The number of carbonyl (C=O) groups is 1. The molecule has 0 spiro atoms. The van der Waals surface area contributed by atoms with E-state index in [-0.39, 0.29) is 11.7 Å². The molecule has 1 aromatic carbocycles. The van der Waals surface area contributed by atoms with E-state index in [1.54, 1.807) is 7.11 Å². The topological polar surface area (TPSA) is 38.3 Å². The number of carbonyl (C=O) groups excluding carboxylic acids is 1. The molecule has 0 unspecified atom stereocenters. The molecule has 86 valence electrons. The van der Waals surface area contributed by atoms with Crippen molar-refractivity contribution in [2.75, 3.05) is 20.2 Å². The average molecular weight is 284 g/mol. The van der Waals surface area contributed by atoms with Gasteiger partial charge in [0.05, 0.1) is 7.11 Å². The van der Waals surface area contributed by atoms with Gasteiger partial charge in [0.2, 0.25) is 0 Å². The van der Waals surface area contributed by atoms with Gasteiger partial charge in [0.1, 0.15) is 11.5 Å². The molecule has 1 saturated heterocycles. The van der Waals surface area contributed by atoms with Crippen molar-refractivity contribution in [2.45, 2.75) is 6.42 Å². The normalized spacial score (nSPS) is 15.6. The maximum absolute atomic E-state index is 11.9. The molecule has 1 aliphatic rings. The molecule has 16 heavy (non-hydrogen) atoms. The summed E-state index contributed by atoms with van der Waals surface area (Å²) >= 11 is 3.40. The van der Waals surface area contributed by atoms with Crippen LogP contribution < -0.4 is 10.1 Å². The molecule has 0 amide bonds. The highest BCUT2D eigenvalue weighted by molar-refractivity contribution is 9.10. The van der Waals surface area contributed by atoms with Crippen molar-refractivity contribution in [3.8, 4) is 5.75 Å². The fraction of sp³-hybridized carbons (Fsp3) is 0.417. The lowest BCUT2D eigenvalue weighted by molar-refractivity contribution is -0.123. The van der Waals surface area contributed by atoms with E-state index in [0.29, 0.717) is 6.42 Å². The number of benzene rings is 1. The van der Waals surface area contributed by atoms with Crippen LogP contribution >= 0.6 is 15.9 Å². The largest absolute Gasteiger partial charge is 0.496 e. The number of halogens is 1. The minimum atomic E-state index is 0.184. The van der Waals surface area contributed by atoms with Gasteiger partial charge in [-0.15, -0.1) is 0 Å². The molecule has 2 rings (SSSR count). The van der Waals surface area contributed by atoms with Crippen LogP contribution in [-0.2, 0) is 11.2 Å². The fourth-order valence-corrected chi connectivity index (χ4v) is 2.14. The Morgan fingerprint density at radius 2 is 2.31 bits per heavy atom. The Bertz CT molecular complexity index is 402. The van der Waals surface area contributed by atoms with E-state index in [1.807, 2.05) is 18.2 Å². The Balaban J connectivity index is 2.12. The summed E-state index contributed by atoms with van der Waals surface area (Å²) in [5, 5.41) is 3.11. The Morgan fingerprint density at radius 3 is 2.88 bits per heavy atom. The summed E-state index contributed by atoms with van der Waals surface area (Å²) in [6.45, 7) is 1.63. The number of hydrogen-bond donors (Lipinski definition) is 1. The second-order valence-electron chi connectivity index (χ2n) is 3.95. The van der Waals surface area contributed by atoms with Crippen LogP contribution in [0.4, 0.5) is 0 Å². The van der Waals surface area contributed by atoms with Crippen molar-refractivity contribution in [2.24, 2.45) is 5.92 Å². The standard InChI is InChI=1S/C12H14BrNO2/c1-16-12-3-2-10(13)4-8(12)5-11(15)9-6-14-7-9/h2-4,9,14H,5-7H2,1H3. The van der Waals surface area contributed by atoms with Gasteiger partial charge >= 0.3 is 0 Å². The van der Waals surface area contributed by atoms with Gasteiger partial charge in [-0.25, -0.2) is 0 Å². The van der Waals surface area contributed by atoms with E-state index in [1.165, 1.54) is 0 Å². The predicted octanol–water partition coefficient (Wildman–Crippen LogP) is 1.79. The fourth-order valence-electron chi connectivity index (χ4n) is 1.73. The Kier molecular flexibility index (Phi) is 3.61. The van der Waals surface area contributed by atoms with Gasteiger partial charge in [0, 0.05) is 35.5 Å². The van der Waals surface area contributed by atoms with Crippen LogP contribution in [0.2, 0.25) is 0 Å². The third-order valence-corrected chi connectivity index (χ3v) is 3.34. The van der Waals surface area contributed by atoms with Crippen molar-refractivity contribution >= 4 is 21.7 Å². The lowest BCUT2D eigenvalue weighted by Gasteiger charge is -2.25. The van der Waals surface area contributed by atoms with E-state index < -0.39 is 0 Å². The van der Waals surface area contributed by atoms with E-state index in [4.69, 9.17) is 4.74 Å². The molecule has 0 atom stereocenters. The van der Waals surface area contributed by atoms with Gasteiger partial charge in [0.15, 0.2) is 0 Å². The molecule has 1 heterocycles. The summed E-state index contributed by atoms with van der Waals surface area (Å²) in [6, 6.07) is 5.74. The highest BCUT2D eigenvalue weighted by atomic mass is 79.9. The van der Waals surface area contributed by atoms with Gasteiger partial charge in [-0.1, -0.05) is 15.9 Å². The maximum atomic E-state index is 11.9. The lowest BCUT2D eigenvalue weighted by atomic mass is 9.93. The molecule has 0 aliphatic carbocycles. The van der Waals surface area contributed by atoms with Gasteiger partial charge in [-0.2, -0.15) is 0 Å². The molecule has 3 nitrogen and oxygen atoms in total. The van der Waals surface area contributed by atoms with Crippen molar-refractivity contribution < 1.29 is 9.53 Å². The van der Waals surface area contributed by atoms with Crippen LogP contribution in [0.15, 0.2) is 22.7 Å². The minimum Gasteiger partial charge on any atom is -0.496 e. The number of ketones is 1. The van der Waals surface area contributed by atoms with Crippen LogP contribution in [0.3, 0.4) is 0 Å². The van der Waals surface area contributed by atoms with Gasteiger partial charge < -0.3 is 10.1 Å². The highest BCUT2D eigenvalue weighted by Crippen LogP contribution is 2.24. The minimum absolute atomic E-state index is 0.184. The summed E-state index contributed by atoms with van der Waals surface area (Å²) in [5.74, 6) is 1.25. The zero-order valence-corrected chi connectivity index (χ0v) is 10.7. The van der Waals surface area contributed by atoms with Crippen LogP contribution in [-0.4, -0.2) is 26.0 Å². The zero-order valence-electron chi connectivity index (χ0n) is 9.13. The molecule has 1 N–H and O–H groups in total. The van der Waals surface area contributed by atoms with Crippen LogP contribution in [0, 0.1) is 5.92 Å². The Morgan fingerprint density at radius 1 is 1.56 bits per heavy atom. The second-order valence-corrected chi connectivity index (χ2v) is 4.87. The third-order valence-electron chi connectivity index (χ3n) is 2.84. The van der Waals surface area contributed by atoms with Crippen molar-refractivity contribution in [3.63, 3.8) is 0 Å². The molecule has 1 aliphatic heterocycles. The van der Waals surface area contributed by atoms with E-state index in [2.05, 4.69) is 21.2 Å². The number of methoxy groups -OCH3 is 1. The second kappa shape index (κ2) is 4.97. The first kappa shape index (κ1) is 11.6. The number of Topliss-reactive ketones (excluding diaryl/α,β-unsaturated/α-hetero) is 1. The average Bonchev–Trinajstić information content (AvgIpc) is 2.15. The summed E-state index contributed by atoms with van der Waals surface area (Å²) in [6.07, 6.45) is 0.453. The Labute approximate surface area is 103 Å². The first-order valence-electron chi connectivity index (χ1n) is 5.26. The molecule has 4 heteroatoms. The monoisotopic (exact) mass is 283 g/mol.